The van der Waals surface area contributed by atoms with E-state index < -0.39 is 6.10 Å². The second-order valence-corrected chi connectivity index (χ2v) is 10.7. The molecule has 2 fully saturated rings. The van der Waals surface area contributed by atoms with Crippen molar-refractivity contribution >= 4 is 22.8 Å². The number of halogens is 2. The number of rotatable bonds is 5. The number of imidazole rings is 1. The molecule has 2 aliphatic heterocycles. The first-order valence-corrected chi connectivity index (χ1v) is 13.2. The number of aryl methyl sites for hydroxylation is 2. The van der Waals surface area contributed by atoms with E-state index in [2.05, 4.69) is 21.0 Å². The summed E-state index contributed by atoms with van der Waals surface area (Å²) < 4.78 is 32.6. The first-order valence-electron chi connectivity index (χ1n) is 12.8. The van der Waals surface area contributed by atoms with Crippen LogP contribution in [0.3, 0.4) is 0 Å². The van der Waals surface area contributed by atoms with Crippen molar-refractivity contribution in [2.24, 2.45) is 0 Å². The quantitative estimate of drug-likeness (QED) is 0.392. The molecule has 3 aromatic heterocycles. The van der Waals surface area contributed by atoms with Crippen molar-refractivity contribution in [2.75, 3.05) is 13.2 Å². The smallest absolute Gasteiger partial charge is 0.296 e. The van der Waals surface area contributed by atoms with E-state index in [1.807, 2.05) is 19.1 Å². The Kier molecular flexibility index (Phi) is 5.85. The number of ether oxygens (including phenoxy) is 3. The van der Waals surface area contributed by atoms with Crippen LogP contribution in [-0.2, 0) is 22.3 Å². The molecule has 0 spiro atoms. The van der Waals surface area contributed by atoms with E-state index in [-0.39, 0.29) is 42.7 Å². The summed E-state index contributed by atoms with van der Waals surface area (Å²) in [5, 5.41) is 10.4. The second-order valence-electron chi connectivity index (χ2n) is 10.3. The summed E-state index contributed by atoms with van der Waals surface area (Å²) in [5.41, 5.74) is 6.23. The average Bonchev–Trinajstić information content (AvgIpc) is 3.66. The lowest BCUT2D eigenvalue weighted by molar-refractivity contribution is 0.00706. The highest BCUT2D eigenvalue weighted by Gasteiger charge is 2.48. The number of aromatic nitrogens is 4. The minimum atomic E-state index is -0.649. The number of H-pyrrole nitrogens is 1. The summed E-state index contributed by atoms with van der Waals surface area (Å²) in [5.74, 6) is -0.226. The average molecular weight is 537 g/mol. The third kappa shape index (κ3) is 4.14. The normalized spacial score (nSPS) is 26.2. The number of fused-ring (bicyclic) bond motifs is 3. The van der Waals surface area contributed by atoms with Gasteiger partial charge in [0.1, 0.15) is 24.1 Å². The third-order valence-electron chi connectivity index (χ3n) is 7.79. The van der Waals surface area contributed by atoms with Crippen molar-refractivity contribution in [3.8, 4) is 17.1 Å². The van der Waals surface area contributed by atoms with Crippen molar-refractivity contribution in [3.05, 3.63) is 69.9 Å². The number of hydrogen-bond acceptors (Lipinski definition) is 7. The maximum Gasteiger partial charge on any atom is 0.296 e. The second kappa shape index (κ2) is 9.27. The number of aromatic amines is 1. The number of aliphatic hydroxyl groups is 1. The van der Waals surface area contributed by atoms with E-state index in [0.717, 1.165) is 40.8 Å². The minimum absolute atomic E-state index is 0.0224. The summed E-state index contributed by atoms with van der Waals surface area (Å²) in [6, 6.07) is 9.65. The zero-order valence-electron chi connectivity index (χ0n) is 20.7. The standard InChI is InChI=1S/C28H26ClFN4O4/c1-13-2-3-16(10-31-13)17-6-14-4-5-15(24(14)19(30)7-17)8-20-18(29)9-21-27(32-20)34-28(33-21)38-23-12-37-25-22(35)11-36-26(23)25/h2-3,6-7,9-10,15,22-23,25-26,35H,4-5,8,11-12H2,1H3,(H,32,33,34)/t15-,22-,23-,25-,26-/m1/s1. The maximum absolute atomic E-state index is 15.4. The van der Waals surface area contributed by atoms with Crippen LogP contribution in [0.4, 0.5) is 4.39 Å². The van der Waals surface area contributed by atoms with Gasteiger partial charge in [-0.05, 0) is 67.0 Å². The fraction of sp³-hybridized carbons (Fsp3) is 0.393. The highest BCUT2D eigenvalue weighted by Crippen LogP contribution is 2.40. The summed E-state index contributed by atoms with van der Waals surface area (Å²) in [7, 11) is 0. The van der Waals surface area contributed by atoms with Crippen molar-refractivity contribution in [3.63, 3.8) is 0 Å². The Hall–Kier alpha value is -3.11. The van der Waals surface area contributed by atoms with Crippen LogP contribution in [0, 0.1) is 12.7 Å². The van der Waals surface area contributed by atoms with Gasteiger partial charge in [0, 0.05) is 17.5 Å². The maximum atomic E-state index is 15.4. The number of pyridine rings is 2. The van der Waals surface area contributed by atoms with E-state index in [0.29, 0.717) is 34.9 Å². The number of nitrogens with one attached hydrogen (secondary N) is 1. The lowest BCUT2D eigenvalue weighted by Crippen LogP contribution is -2.34. The Morgan fingerprint density at radius 1 is 1.13 bits per heavy atom. The summed E-state index contributed by atoms with van der Waals surface area (Å²) in [6.45, 7) is 2.46. The van der Waals surface area contributed by atoms with E-state index in [1.54, 1.807) is 18.3 Å². The molecule has 5 heterocycles. The molecule has 0 radical (unpaired) electrons. The van der Waals surface area contributed by atoms with Crippen LogP contribution in [0.5, 0.6) is 6.01 Å². The van der Waals surface area contributed by atoms with Gasteiger partial charge in [0.15, 0.2) is 11.8 Å². The predicted molar refractivity (Wildman–Crippen MR) is 138 cm³/mol. The molecule has 3 aliphatic rings. The molecule has 0 amide bonds. The number of benzene rings is 1. The summed E-state index contributed by atoms with van der Waals surface area (Å²) in [4.78, 5) is 16.7. The molecule has 2 saturated heterocycles. The SMILES string of the molecule is Cc1ccc(-c2cc(F)c3c(c2)CC[C@@H]3Cc2nc3nc(O[C@@H]4CO[C@H]5[C@@H]4OC[C@H]5O)[nH]c3cc2Cl)cn1. The van der Waals surface area contributed by atoms with Crippen molar-refractivity contribution < 1.29 is 23.7 Å². The zero-order chi connectivity index (χ0) is 26.0. The van der Waals surface area contributed by atoms with Gasteiger partial charge >= 0.3 is 0 Å². The third-order valence-corrected chi connectivity index (χ3v) is 8.12. The molecular formula is C28H26ClFN4O4. The number of aliphatic hydroxyl groups excluding tert-OH is 1. The molecule has 0 bridgehead atoms. The van der Waals surface area contributed by atoms with Crippen LogP contribution in [-0.4, -0.2) is 62.7 Å². The Balaban J connectivity index is 1.11. The molecule has 8 nitrogen and oxygen atoms in total. The van der Waals surface area contributed by atoms with Gasteiger partial charge in [0.25, 0.3) is 6.01 Å². The van der Waals surface area contributed by atoms with E-state index >= 15 is 4.39 Å². The topological polar surface area (TPSA) is 102 Å². The molecule has 2 N–H and O–H groups in total. The Labute approximate surface area is 223 Å². The van der Waals surface area contributed by atoms with Gasteiger partial charge in [-0.2, -0.15) is 4.98 Å². The summed E-state index contributed by atoms with van der Waals surface area (Å²) >= 11 is 6.62. The van der Waals surface area contributed by atoms with Crippen LogP contribution < -0.4 is 4.74 Å². The Bertz CT molecular complexity index is 1530. The predicted octanol–water partition coefficient (Wildman–Crippen LogP) is 4.30. The van der Waals surface area contributed by atoms with E-state index in [4.69, 9.17) is 30.8 Å². The van der Waals surface area contributed by atoms with Crippen LogP contribution >= 0.6 is 11.6 Å². The van der Waals surface area contributed by atoms with Crippen LogP contribution in [0.25, 0.3) is 22.3 Å². The molecule has 4 aromatic rings. The van der Waals surface area contributed by atoms with Crippen molar-refractivity contribution in [1.29, 1.82) is 0 Å². The molecule has 0 unspecified atom stereocenters. The number of hydrogen-bond donors (Lipinski definition) is 2. The van der Waals surface area contributed by atoms with E-state index in [9.17, 15) is 5.11 Å². The minimum Gasteiger partial charge on any atom is -0.456 e. The first-order chi connectivity index (χ1) is 18.4. The molecule has 7 rings (SSSR count). The molecule has 0 saturated carbocycles. The molecule has 10 heteroatoms. The molecule has 1 aliphatic carbocycles. The fourth-order valence-electron chi connectivity index (χ4n) is 5.88. The largest absolute Gasteiger partial charge is 0.456 e. The summed E-state index contributed by atoms with van der Waals surface area (Å²) in [6.07, 6.45) is 2.16. The fourth-order valence-corrected chi connectivity index (χ4v) is 6.10. The van der Waals surface area contributed by atoms with Gasteiger partial charge in [-0.15, -0.1) is 0 Å². The van der Waals surface area contributed by atoms with Gasteiger partial charge < -0.3 is 24.3 Å². The lowest BCUT2D eigenvalue weighted by atomic mass is 9.93. The van der Waals surface area contributed by atoms with Crippen LogP contribution in [0.15, 0.2) is 36.5 Å². The Morgan fingerprint density at radius 2 is 2.00 bits per heavy atom. The molecule has 38 heavy (non-hydrogen) atoms. The van der Waals surface area contributed by atoms with Crippen LogP contribution in [0.2, 0.25) is 5.02 Å². The van der Waals surface area contributed by atoms with Crippen molar-refractivity contribution in [2.45, 2.75) is 56.5 Å². The highest BCUT2D eigenvalue weighted by atomic mass is 35.5. The molecule has 196 valence electrons. The van der Waals surface area contributed by atoms with Gasteiger partial charge in [-0.25, -0.2) is 9.37 Å². The molecular weight excluding hydrogens is 511 g/mol. The first kappa shape index (κ1) is 24.0. The Morgan fingerprint density at radius 3 is 2.84 bits per heavy atom. The molecule has 5 atom stereocenters. The van der Waals surface area contributed by atoms with Gasteiger partial charge in [0.05, 0.1) is 29.4 Å². The number of nitrogens with zero attached hydrogens (tertiary/aromatic N) is 3. The van der Waals surface area contributed by atoms with Gasteiger partial charge in [-0.3, -0.25) is 4.98 Å². The monoisotopic (exact) mass is 536 g/mol. The van der Waals surface area contributed by atoms with E-state index in [1.165, 1.54) is 0 Å². The zero-order valence-corrected chi connectivity index (χ0v) is 21.4. The van der Waals surface area contributed by atoms with Crippen LogP contribution in [0.1, 0.15) is 34.9 Å². The van der Waals surface area contributed by atoms with Gasteiger partial charge in [-0.1, -0.05) is 23.7 Å². The van der Waals surface area contributed by atoms with Crippen molar-refractivity contribution in [1.82, 2.24) is 19.9 Å². The highest BCUT2D eigenvalue weighted by molar-refractivity contribution is 6.31. The van der Waals surface area contributed by atoms with Gasteiger partial charge in [0.2, 0.25) is 0 Å². The lowest BCUT2D eigenvalue weighted by Gasteiger charge is -2.15. The molecule has 1 aromatic carbocycles.